The third-order valence-corrected chi connectivity index (χ3v) is 4.09. The second-order valence-corrected chi connectivity index (χ2v) is 6.24. The van der Waals surface area contributed by atoms with Gasteiger partial charge in [0.15, 0.2) is 5.82 Å². The van der Waals surface area contributed by atoms with E-state index in [1.165, 1.54) is 28.7 Å². The molecule has 0 saturated carbocycles. The second kappa shape index (κ2) is 5.51. The van der Waals surface area contributed by atoms with Crippen LogP contribution in [0.3, 0.4) is 0 Å². The van der Waals surface area contributed by atoms with E-state index in [9.17, 15) is 4.79 Å². The average Bonchev–Trinajstić information content (AvgIpc) is 3.10. The van der Waals surface area contributed by atoms with Gasteiger partial charge in [-0.1, -0.05) is 0 Å². The Labute approximate surface area is 126 Å². The third kappa shape index (κ3) is 2.61. The molecule has 1 amide bonds. The number of nitrogens with one attached hydrogen (secondary N) is 1. The molecule has 0 radical (unpaired) electrons. The van der Waals surface area contributed by atoms with Gasteiger partial charge in [0.05, 0.1) is 14.4 Å². The number of anilines is 1. The van der Waals surface area contributed by atoms with Crippen molar-refractivity contribution in [1.82, 2.24) is 19.7 Å². The summed E-state index contributed by atoms with van der Waals surface area (Å²) >= 11 is 4.70. The monoisotopic (exact) mass is 349 g/mol. The SMILES string of the molecule is O=C(Nc1cccnc1-n1cncn1)c1ccc(Br)s1. The van der Waals surface area contributed by atoms with Gasteiger partial charge in [-0.25, -0.2) is 14.6 Å². The lowest BCUT2D eigenvalue weighted by atomic mass is 10.3. The Kier molecular flexibility index (Phi) is 3.57. The van der Waals surface area contributed by atoms with Crippen molar-refractivity contribution >= 4 is 38.9 Å². The molecule has 8 heteroatoms. The molecule has 3 heterocycles. The molecule has 3 rings (SSSR count). The molecule has 0 spiro atoms. The Morgan fingerprint density at radius 1 is 1.35 bits per heavy atom. The van der Waals surface area contributed by atoms with Gasteiger partial charge >= 0.3 is 0 Å². The van der Waals surface area contributed by atoms with Gasteiger partial charge in [-0.3, -0.25) is 4.79 Å². The minimum absolute atomic E-state index is 0.185. The van der Waals surface area contributed by atoms with Crippen LogP contribution in [0.1, 0.15) is 9.67 Å². The van der Waals surface area contributed by atoms with E-state index in [0.717, 1.165) is 3.79 Å². The van der Waals surface area contributed by atoms with Gasteiger partial charge in [-0.05, 0) is 40.2 Å². The van der Waals surface area contributed by atoms with E-state index in [1.807, 2.05) is 6.07 Å². The zero-order chi connectivity index (χ0) is 13.9. The van der Waals surface area contributed by atoms with Gasteiger partial charge in [0.25, 0.3) is 5.91 Å². The van der Waals surface area contributed by atoms with Gasteiger partial charge < -0.3 is 5.32 Å². The van der Waals surface area contributed by atoms with E-state index in [-0.39, 0.29) is 5.91 Å². The zero-order valence-corrected chi connectivity index (χ0v) is 12.4. The Bertz CT molecular complexity index is 740. The minimum Gasteiger partial charge on any atom is -0.318 e. The van der Waals surface area contributed by atoms with Crippen molar-refractivity contribution < 1.29 is 4.79 Å². The number of hydrogen-bond donors (Lipinski definition) is 1. The normalized spacial score (nSPS) is 10.4. The summed E-state index contributed by atoms with van der Waals surface area (Å²) in [4.78, 5) is 20.9. The highest BCUT2D eigenvalue weighted by Crippen LogP contribution is 2.24. The van der Waals surface area contributed by atoms with Gasteiger partial charge in [-0.15, -0.1) is 11.3 Å². The quantitative estimate of drug-likeness (QED) is 0.788. The van der Waals surface area contributed by atoms with Crippen LogP contribution in [0.5, 0.6) is 0 Å². The molecule has 0 aliphatic carbocycles. The maximum atomic E-state index is 12.2. The average molecular weight is 350 g/mol. The number of carbonyl (C=O) groups excluding carboxylic acids is 1. The molecule has 0 saturated heterocycles. The summed E-state index contributed by atoms with van der Waals surface area (Å²) in [5.41, 5.74) is 0.576. The maximum Gasteiger partial charge on any atom is 0.265 e. The van der Waals surface area contributed by atoms with Crippen LogP contribution in [0.2, 0.25) is 0 Å². The molecule has 0 atom stereocenters. The van der Waals surface area contributed by atoms with Gasteiger partial charge in [0.1, 0.15) is 12.7 Å². The summed E-state index contributed by atoms with van der Waals surface area (Å²) in [7, 11) is 0. The van der Waals surface area contributed by atoms with Gasteiger partial charge in [-0.2, -0.15) is 5.10 Å². The molecule has 0 aromatic carbocycles. The number of nitrogens with zero attached hydrogens (tertiary/aromatic N) is 4. The largest absolute Gasteiger partial charge is 0.318 e. The first kappa shape index (κ1) is 12.9. The van der Waals surface area contributed by atoms with E-state index >= 15 is 0 Å². The molecule has 0 aliphatic rings. The number of thiophene rings is 1. The summed E-state index contributed by atoms with van der Waals surface area (Å²) < 4.78 is 2.41. The van der Waals surface area contributed by atoms with E-state index in [2.05, 4.69) is 36.3 Å². The van der Waals surface area contributed by atoms with Crippen molar-refractivity contribution in [2.24, 2.45) is 0 Å². The van der Waals surface area contributed by atoms with Crippen LogP contribution in [0, 0.1) is 0 Å². The Balaban J connectivity index is 1.90. The fourth-order valence-corrected chi connectivity index (χ4v) is 2.90. The molecule has 0 fully saturated rings. The first-order valence-corrected chi connectivity index (χ1v) is 7.22. The van der Waals surface area contributed by atoms with Crippen LogP contribution < -0.4 is 5.32 Å². The summed E-state index contributed by atoms with van der Waals surface area (Å²) in [5.74, 6) is 0.337. The lowest BCUT2D eigenvalue weighted by Gasteiger charge is -2.08. The highest BCUT2D eigenvalue weighted by Gasteiger charge is 2.13. The van der Waals surface area contributed by atoms with E-state index in [1.54, 1.807) is 24.4 Å². The Hall–Kier alpha value is -2.06. The number of aromatic nitrogens is 4. The number of carbonyl (C=O) groups is 1. The van der Waals surface area contributed by atoms with Crippen molar-refractivity contribution in [3.05, 3.63) is 51.8 Å². The van der Waals surface area contributed by atoms with Crippen molar-refractivity contribution in [2.75, 3.05) is 5.32 Å². The minimum atomic E-state index is -0.185. The van der Waals surface area contributed by atoms with Crippen LogP contribution in [0.4, 0.5) is 5.69 Å². The molecule has 20 heavy (non-hydrogen) atoms. The first-order valence-electron chi connectivity index (χ1n) is 5.61. The lowest BCUT2D eigenvalue weighted by molar-refractivity contribution is 0.103. The zero-order valence-electron chi connectivity index (χ0n) is 10.0. The Morgan fingerprint density at radius 2 is 2.25 bits per heavy atom. The van der Waals surface area contributed by atoms with Crippen LogP contribution in [0.25, 0.3) is 5.82 Å². The number of pyridine rings is 1. The molecule has 3 aromatic heterocycles. The summed E-state index contributed by atoms with van der Waals surface area (Å²) in [5, 5.41) is 6.85. The van der Waals surface area contributed by atoms with E-state index < -0.39 is 0 Å². The molecular weight excluding hydrogens is 342 g/mol. The maximum absolute atomic E-state index is 12.2. The highest BCUT2D eigenvalue weighted by molar-refractivity contribution is 9.11. The third-order valence-electron chi connectivity index (χ3n) is 2.47. The molecule has 100 valence electrons. The number of rotatable bonds is 3. The molecule has 0 bridgehead atoms. The van der Waals surface area contributed by atoms with Crippen molar-refractivity contribution in [2.45, 2.75) is 0 Å². The van der Waals surface area contributed by atoms with E-state index in [0.29, 0.717) is 16.4 Å². The van der Waals surface area contributed by atoms with E-state index in [4.69, 9.17) is 0 Å². The standard InChI is InChI=1S/C12H8BrN5OS/c13-10-4-3-9(20-10)12(19)17-8-2-1-5-15-11(8)18-7-14-6-16-18/h1-7H,(H,17,19). The lowest BCUT2D eigenvalue weighted by Crippen LogP contribution is -2.13. The molecule has 0 aliphatic heterocycles. The van der Waals surface area contributed by atoms with Crippen LogP contribution in [-0.2, 0) is 0 Å². The van der Waals surface area contributed by atoms with Crippen LogP contribution >= 0.6 is 27.3 Å². The Morgan fingerprint density at radius 3 is 2.95 bits per heavy atom. The molecule has 1 N–H and O–H groups in total. The first-order chi connectivity index (χ1) is 9.74. The molecule has 3 aromatic rings. The van der Waals surface area contributed by atoms with Crippen molar-refractivity contribution in [1.29, 1.82) is 0 Å². The highest BCUT2D eigenvalue weighted by atomic mass is 79.9. The van der Waals surface area contributed by atoms with Crippen LogP contribution in [0.15, 0.2) is 46.9 Å². The predicted octanol–water partition coefficient (Wildman–Crippen LogP) is 2.74. The fraction of sp³-hybridized carbons (Fsp3) is 0. The number of halogens is 1. The van der Waals surface area contributed by atoms with Crippen molar-refractivity contribution in [3.8, 4) is 5.82 Å². The molecular formula is C12H8BrN5OS. The summed E-state index contributed by atoms with van der Waals surface area (Å²) in [6.45, 7) is 0. The number of amides is 1. The van der Waals surface area contributed by atoms with Crippen LogP contribution in [-0.4, -0.2) is 25.7 Å². The van der Waals surface area contributed by atoms with Crippen molar-refractivity contribution in [3.63, 3.8) is 0 Å². The topological polar surface area (TPSA) is 72.7 Å². The summed E-state index contributed by atoms with van der Waals surface area (Å²) in [6, 6.07) is 7.11. The van der Waals surface area contributed by atoms with Gasteiger partial charge in [0, 0.05) is 6.20 Å². The fourth-order valence-electron chi connectivity index (χ4n) is 1.61. The second-order valence-electron chi connectivity index (χ2n) is 3.77. The predicted molar refractivity (Wildman–Crippen MR) is 79.1 cm³/mol. The summed E-state index contributed by atoms with van der Waals surface area (Å²) in [6.07, 6.45) is 4.57. The smallest absolute Gasteiger partial charge is 0.265 e. The molecule has 6 nitrogen and oxygen atoms in total. The number of hydrogen-bond acceptors (Lipinski definition) is 5. The van der Waals surface area contributed by atoms with Gasteiger partial charge in [0.2, 0.25) is 0 Å². The molecule has 0 unspecified atom stereocenters.